The Morgan fingerprint density at radius 3 is 2.80 bits per heavy atom. The Kier molecular flexibility index (Phi) is 4.14. The highest BCUT2D eigenvalue weighted by Gasteiger charge is 2.21. The average molecular weight is 294 g/mol. The van der Waals surface area contributed by atoms with E-state index in [0.717, 1.165) is 10.4 Å². The molecule has 2 aromatic heterocycles. The Hall–Kier alpha value is -2.22. The Labute approximate surface area is 119 Å². The normalized spacial score (nSPS) is 10.3. The maximum absolute atomic E-state index is 11.9. The predicted molar refractivity (Wildman–Crippen MR) is 73.8 cm³/mol. The van der Waals surface area contributed by atoms with Crippen LogP contribution in [0.3, 0.4) is 0 Å². The van der Waals surface area contributed by atoms with Crippen molar-refractivity contribution in [3.63, 3.8) is 0 Å². The molecule has 0 spiro atoms. The van der Waals surface area contributed by atoms with Crippen LogP contribution < -0.4 is 5.32 Å². The largest absolute Gasteiger partial charge is 0.465 e. The van der Waals surface area contributed by atoms with Crippen LogP contribution in [0.5, 0.6) is 0 Å². The van der Waals surface area contributed by atoms with Gasteiger partial charge in [0.25, 0.3) is 0 Å². The summed E-state index contributed by atoms with van der Waals surface area (Å²) in [5, 5.41) is 7.06. The summed E-state index contributed by atoms with van der Waals surface area (Å²) < 4.78 is 6.15. The third-order valence-electron chi connectivity index (χ3n) is 2.80. The van der Waals surface area contributed by atoms with Gasteiger partial charge in [0.15, 0.2) is 0 Å². The number of methoxy groups -OCH3 is 1. The minimum atomic E-state index is -0.456. The van der Waals surface area contributed by atoms with Crippen LogP contribution in [0.15, 0.2) is 12.7 Å². The van der Waals surface area contributed by atoms with Gasteiger partial charge >= 0.3 is 5.97 Å². The van der Waals surface area contributed by atoms with Gasteiger partial charge in [-0.3, -0.25) is 4.79 Å². The SMILES string of the molecule is COC(=O)c1c(NC(=O)Cn2cncn2)sc(C)c1C. The van der Waals surface area contributed by atoms with E-state index in [1.807, 2.05) is 13.8 Å². The van der Waals surface area contributed by atoms with Crippen LogP contribution >= 0.6 is 11.3 Å². The topological polar surface area (TPSA) is 86.1 Å². The summed E-state index contributed by atoms with van der Waals surface area (Å²) in [6, 6.07) is 0. The van der Waals surface area contributed by atoms with E-state index >= 15 is 0 Å². The molecular formula is C12H14N4O3S. The van der Waals surface area contributed by atoms with Gasteiger partial charge in [0.1, 0.15) is 24.2 Å². The van der Waals surface area contributed by atoms with E-state index < -0.39 is 5.97 Å². The lowest BCUT2D eigenvalue weighted by Gasteiger charge is -2.06. The molecule has 0 radical (unpaired) electrons. The third kappa shape index (κ3) is 2.85. The Morgan fingerprint density at radius 2 is 2.20 bits per heavy atom. The number of anilines is 1. The van der Waals surface area contributed by atoms with Crippen molar-refractivity contribution in [2.24, 2.45) is 0 Å². The lowest BCUT2D eigenvalue weighted by Crippen LogP contribution is -2.20. The molecule has 20 heavy (non-hydrogen) atoms. The molecule has 0 fully saturated rings. The molecule has 0 aliphatic carbocycles. The number of ether oxygens (including phenoxy) is 1. The Morgan fingerprint density at radius 1 is 1.45 bits per heavy atom. The van der Waals surface area contributed by atoms with Crippen molar-refractivity contribution in [2.45, 2.75) is 20.4 Å². The zero-order valence-corrected chi connectivity index (χ0v) is 12.2. The molecule has 1 N–H and O–H groups in total. The summed E-state index contributed by atoms with van der Waals surface area (Å²) in [6.45, 7) is 3.75. The van der Waals surface area contributed by atoms with Crippen molar-refractivity contribution < 1.29 is 14.3 Å². The van der Waals surface area contributed by atoms with E-state index in [0.29, 0.717) is 10.6 Å². The predicted octanol–water partition coefficient (Wildman–Crippen LogP) is 1.38. The lowest BCUT2D eigenvalue weighted by atomic mass is 10.1. The number of esters is 1. The molecule has 0 aliphatic heterocycles. The van der Waals surface area contributed by atoms with Crippen molar-refractivity contribution in [3.8, 4) is 0 Å². The first kappa shape index (κ1) is 14.2. The van der Waals surface area contributed by atoms with E-state index in [2.05, 4.69) is 15.4 Å². The maximum atomic E-state index is 11.9. The van der Waals surface area contributed by atoms with Gasteiger partial charge in [-0.15, -0.1) is 11.3 Å². The summed E-state index contributed by atoms with van der Waals surface area (Å²) in [7, 11) is 1.32. The fourth-order valence-corrected chi connectivity index (χ4v) is 2.76. The van der Waals surface area contributed by atoms with E-state index in [1.54, 1.807) is 0 Å². The molecule has 7 nitrogen and oxygen atoms in total. The van der Waals surface area contributed by atoms with Crippen LogP contribution in [-0.2, 0) is 16.1 Å². The van der Waals surface area contributed by atoms with E-state index in [1.165, 1.54) is 35.8 Å². The molecule has 0 saturated carbocycles. The van der Waals surface area contributed by atoms with E-state index in [9.17, 15) is 9.59 Å². The highest BCUT2D eigenvalue weighted by atomic mass is 32.1. The van der Waals surface area contributed by atoms with Gasteiger partial charge in [0, 0.05) is 4.88 Å². The quantitative estimate of drug-likeness (QED) is 0.861. The molecule has 0 saturated heterocycles. The molecule has 8 heteroatoms. The molecule has 0 aromatic carbocycles. The highest BCUT2D eigenvalue weighted by Crippen LogP contribution is 2.32. The average Bonchev–Trinajstić information content (AvgIpc) is 2.99. The molecule has 0 bridgehead atoms. The molecule has 2 heterocycles. The molecule has 0 atom stereocenters. The van der Waals surface area contributed by atoms with Gasteiger partial charge < -0.3 is 10.1 Å². The Bertz CT molecular complexity index is 633. The fourth-order valence-electron chi connectivity index (χ4n) is 1.69. The molecule has 2 aromatic rings. The summed E-state index contributed by atoms with van der Waals surface area (Å²) in [4.78, 5) is 28.4. The van der Waals surface area contributed by atoms with E-state index in [-0.39, 0.29) is 12.5 Å². The van der Waals surface area contributed by atoms with Crippen molar-refractivity contribution in [2.75, 3.05) is 12.4 Å². The standard InChI is InChI=1S/C12H14N4O3S/c1-7-8(2)20-11(10(7)12(18)19-3)15-9(17)4-16-6-13-5-14-16/h5-6H,4H2,1-3H3,(H,15,17). The number of hydrogen-bond donors (Lipinski definition) is 1. The zero-order valence-electron chi connectivity index (χ0n) is 11.3. The van der Waals surface area contributed by atoms with Crippen LogP contribution in [0.2, 0.25) is 0 Å². The minimum Gasteiger partial charge on any atom is -0.465 e. The van der Waals surface area contributed by atoms with Crippen LogP contribution in [0.4, 0.5) is 5.00 Å². The van der Waals surface area contributed by atoms with Gasteiger partial charge in [0.2, 0.25) is 5.91 Å². The Balaban J connectivity index is 2.18. The van der Waals surface area contributed by atoms with Gasteiger partial charge in [-0.1, -0.05) is 0 Å². The highest BCUT2D eigenvalue weighted by molar-refractivity contribution is 7.16. The second kappa shape index (κ2) is 5.83. The number of thiophene rings is 1. The smallest absolute Gasteiger partial charge is 0.341 e. The number of aryl methyl sites for hydroxylation is 1. The number of aromatic nitrogens is 3. The number of amides is 1. The molecule has 0 aliphatic rings. The van der Waals surface area contributed by atoms with Crippen molar-refractivity contribution in [1.29, 1.82) is 0 Å². The van der Waals surface area contributed by atoms with E-state index in [4.69, 9.17) is 4.74 Å². The van der Waals surface area contributed by atoms with Gasteiger partial charge in [-0.05, 0) is 19.4 Å². The van der Waals surface area contributed by atoms with Crippen molar-refractivity contribution in [3.05, 3.63) is 28.7 Å². The number of hydrogen-bond acceptors (Lipinski definition) is 6. The molecule has 1 amide bonds. The van der Waals surface area contributed by atoms with Gasteiger partial charge in [-0.2, -0.15) is 5.10 Å². The molecular weight excluding hydrogens is 280 g/mol. The summed E-state index contributed by atoms with van der Waals surface area (Å²) in [5.74, 6) is -0.732. The molecule has 2 rings (SSSR count). The van der Waals surface area contributed by atoms with Gasteiger partial charge in [-0.25, -0.2) is 14.5 Å². The van der Waals surface area contributed by atoms with Crippen LogP contribution in [0.1, 0.15) is 20.8 Å². The summed E-state index contributed by atoms with van der Waals surface area (Å²) in [6.07, 6.45) is 2.80. The number of nitrogens with one attached hydrogen (secondary N) is 1. The van der Waals surface area contributed by atoms with Crippen molar-refractivity contribution in [1.82, 2.24) is 14.8 Å². The first-order valence-electron chi connectivity index (χ1n) is 5.83. The fraction of sp³-hybridized carbons (Fsp3) is 0.333. The molecule has 106 valence electrons. The number of nitrogens with zero attached hydrogens (tertiary/aromatic N) is 3. The zero-order chi connectivity index (χ0) is 14.7. The van der Waals surface area contributed by atoms with Gasteiger partial charge in [0.05, 0.1) is 12.7 Å². The minimum absolute atomic E-state index is 0.0383. The number of carbonyl (C=O) groups is 2. The summed E-state index contributed by atoms with van der Waals surface area (Å²) in [5.41, 5.74) is 1.22. The third-order valence-corrected chi connectivity index (χ3v) is 3.92. The summed E-state index contributed by atoms with van der Waals surface area (Å²) >= 11 is 1.35. The van der Waals surface area contributed by atoms with Crippen LogP contribution in [-0.4, -0.2) is 33.8 Å². The number of carbonyl (C=O) groups excluding carboxylic acids is 2. The van der Waals surface area contributed by atoms with Crippen LogP contribution in [0, 0.1) is 13.8 Å². The first-order valence-corrected chi connectivity index (χ1v) is 6.65. The second-order valence-electron chi connectivity index (χ2n) is 4.12. The maximum Gasteiger partial charge on any atom is 0.341 e. The van der Waals surface area contributed by atoms with Crippen molar-refractivity contribution >= 4 is 28.2 Å². The second-order valence-corrected chi connectivity index (χ2v) is 5.34. The number of rotatable bonds is 4. The lowest BCUT2D eigenvalue weighted by molar-refractivity contribution is -0.116. The molecule has 0 unspecified atom stereocenters. The monoisotopic (exact) mass is 294 g/mol. The van der Waals surface area contributed by atoms with Crippen LogP contribution in [0.25, 0.3) is 0 Å². The first-order chi connectivity index (χ1) is 9.52.